The van der Waals surface area contributed by atoms with E-state index < -0.39 is 0 Å². The van der Waals surface area contributed by atoms with Gasteiger partial charge in [0.2, 0.25) is 5.91 Å². The van der Waals surface area contributed by atoms with E-state index in [9.17, 15) is 14.0 Å². The van der Waals surface area contributed by atoms with Crippen LogP contribution in [0.4, 0.5) is 10.2 Å². The van der Waals surface area contributed by atoms with Gasteiger partial charge in [-0.15, -0.1) is 0 Å². The maximum atomic E-state index is 13.5. The van der Waals surface area contributed by atoms with E-state index in [1.807, 2.05) is 17.9 Å². The molecule has 2 heterocycles. The maximum Gasteiger partial charge on any atom is 0.241 e. The Morgan fingerprint density at radius 3 is 2.62 bits per heavy atom. The van der Waals surface area contributed by atoms with Crippen LogP contribution in [-0.4, -0.2) is 79.6 Å². The number of nitrogen functional groups attached to an aromatic ring is 1. The molecule has 1 aliphatic rings. The Morgan fingerprint density at radius 2 is 1.93 bits per heavy atom. The highest BCUT2D eigenvalue weighted by Crippen LogP contribution is 2.22. The van der Waals surface area contributed by atoms with Crippen LogP contribution in [0.3, 0.4) is 0 Å². The maximum absolute atomic E-state index is 13.5. The minimum absolute atomic E-state index is 0.120. The van der Waals surface area contributed by atoms with Crippen LogP contribution in [0.5, 0.6) is 0 Å². The lowest BCUT2D eigenvalue weighted by atomic mass is 10.0. The number of carbonyl (C=O) groups is 2. The topological polar surface area (TPSA) is 130 Å². The summed E-state index contributed by atoms with van der Waals surface area (Å²) < 4.78 is 13.5. The number of halogens is 1. The number of hydrogen-bond donors (Lipinski definition) is 3. The van der Waals surface area contributed by atoms with Crippen LogP contribution < -0.4 is 16.8 Å². The number of anilines is 1. The molecule has 0 bridgehead atoms. The molecule has 1 aromatic heterocycles. The first-order chi connectivity index (χ1) is 19.2. The van der Waals surface area contributed by atoms with Crippen molar-refractivity contribution in [2.24, 2.45) is 10.7 Å². The van der Waals surface area contributed by atoms with Gasteiger partial charge in [0.25, 0.3) is 0 Å². The molecule has 0 radical (unpaired) electrons. The molecule has 1 aliphatic heterocycles. The molecule has 1 saturated heterocycles. The minimum atomic E-state index is -0.356. The van der Waals surface area contributed by atoms with E-state index in [0.717, 1.165) is 49.0 Å². The number of amidine groups is 1. The normalized spacial score (nSPS) is 13.8. The van der Waals surface area contributed by atoms with Gasteiger partial charge in [-0.25, -0.2) is 9.37 Å². The van der Waals surface area contributed by atoms with Crippen molar-refractivity contribution in [1.29, 1.82) is 0 Å². The number of pyridine rings is 1. The summed E-state index contributed by atoms with van der Waals surface area (Å²) in [4.78, 5) is 34.6. The molecule has 2 aromatic carbocycles. The molecule has 0 atom stereocenters. The van der Waals surface area contributed by atoms with Gasteiger partial charge in [0.15, 0.2) is 0 Å². The molecule has 1 fully saturated rings. The van der Waals surface area contributed by atoms with Gasteiger partial charge in [0, 0.05) is 67.5 Å². The fraction of sp³-hybridized carbons (Fsp3) is 0.267. The summed E-state index contributed by atoms with van der Waals surface area (Å²) in [6, 6.07) is 9.68. The van der Waals surface area contributed by atoms with E-state index in [1.165, 1.54) is 12.1 Å². The van der Waals surface area contributed by atoms with Crippen LogP contribution in [0.25, 0.3) is 10.8 Å². The first-order valence-corrected chi connectivity index (χ1v) is 12.7. The number of benzene rings is 2. The van der Waals surface area contributed by atoms with Gasteiger partial charge in [0.1, 0.15) is 23.8 Å². The van der Waals surface area contributed by atoms with Crippen molar-refractivity contribution in [2.75, 3.05) is 52.6 Å². The fourth-order valence-electron chi connectivity index (χ4n) is 3.84. The number of carbonyl (C=O) groups excluding carboxylic acids is 2. The summed E-state index contributed by atoms with van der Waals surface area (Å²) in [5.41, 5.74) is 14.1. The molecule has 4 rings (SSSR count). The number of nitrogens with two attached hydrogens (primary N) is 2. The Balaban J connectivity index is 0.000000232. The molecule has 208 valence electrons. The summed E-state index contributed by atoms with van der Waals surface area (Å²) in [5.74, 6) is 6.43. The molecule has 0 spiro atoms. The molecule has 5 N–H and O–H groups in total. The van der Waals surface area contributed by atoms with E-state index >= 15 is 0 Å². The van der Waals surface area contributed by atoms with Crippen molar-refractivity contribution in [1.82, 2.24) is 20.1 Å². The number of nitrogens with zero attached hydrogens (tertiary/aromatic N) is 4. The van der Waals surface area contributed by atoms with Gasteiger partial charge in [0.05, 0.1) is 12.1 Å². The van der Waals surface area contributed by atoms with E-state index in [1.54, 1.807) is 43.7 Å². The average Bonchev–Trinajstić information content (AvgIpc) is 2.96. The highest BCUT2D eigenvalue weighted by Gasteiger charge is 2.17. The van der Waals surface area contributed by atoms with Crippen LogP contribution in [0.1, 0.15) is 27.0 Å². The summed E-state index contributed by atoms with van der Waals surface area (Å²) in [5, 5.41) is 4.30. The van der Waals surface area contributed by atoms with Gasteiger partial charge in [-0.1, -0.05) is 24.0 Å². The number of aryl methyl sites for hydroxylation is 1. The quantitative estimate of drug-likeness (QED) is 0.195. The van der Waals surface area contributed by atoms with Crippen LogP contribution in [0.15, 0.2) is 59.9 Å². The number of hydrogen-bond acceptors (Lipinski definition) is 7. The number of rotatable bonds is 5. The van der Waals surface area contributed by atoms with Crippen LogP contribution >= 0.6 is 0 Å². The predicted octanol–water partition coefficient (Wildman–Crippen LogP) is 2.33. The third-order valence-corrected chi connectivity index (χ3v) is 6.34. The van der Waals surface area contributed by atoms with Crippen molar-refractivity contribution in [3.05, 3.63) is 82.9 Å². The number of fused-ring (bicyclic) bond motifs is 1. The molecule has 1 amide bonds. The van der Waals surface area contributed by atoms with Gasteiger partial charge < -0.3 is 26.6 Å². The van der Waals surface area contributed by atoms with Crippen LogP contribution in [0.2, 0.25) is 0 Å². The second-order valence-corrected chi connectivity index (χ2v) is 9.24. The molecule has 10 heteroatoms. The summed E-state index contributed by atoms with van der Waals surface area (Å²) in [6.07, 6.45) is 5.65. The summed E-state index contributed by atoms with van der Waals surface area (Å²) in [7, 11) is 3.69. The van der Waals surface area contributed by atoms with Crippen LogP contribution in [0, 0.1) is 24.6 Å². The van der Waals surface area contributed by atoms with Crippen molar-refractivity contribution < 1.29 is 14.0 Å². The smallest absolute Gasteiger partial charge is 0.241 e. The first-order valence-electron chi connectivity index (χ1n) is 12.7. The van der Waals surface area contributed by atoms with Crippen LogP contribution in [-0.2, 0) is 4.79 Å². The fourth-order valence-corrected chi connectivity index (χ4v) is 3.84. The lowest BCUT2D eigenvalue weighted by Gasteiger charge is -2.32. The van der Waals surface area contributed by atoms with Gasteiger partial charge in [-0.05, 0) is 49.9 Å². The molecule has 9 nitrogen and oxygen atoms in total. The van der Waals surface area contributed by atoms with E-state index in [4.69, 9.17) is 11.5 Å². The second-order valence-electron chi connectivity index (χ2n) is 9.24. The number of likely N-dealkylation sites (N-methyl/N-ethyl adjacent to an activating group) is 1. The second kappa shape index (κ2) is 14.4. The highest BCUT2D eigenvalue weighted by molar-refractivity contribution is 5.91. The summed E-state index contributed by atoms with van der Waals surface area (Å²) >= 11 is 0. The molecule has 3 aromatic rings. The van der Waals surface area contributed by atoms with E-state index in [2.05, 4.69) is 39.1 Å². The van der Waals surface area contributed by atoms with Gasteiger partial charge in [-0.3, -0.25) is 14.6 Å². The molecule has 0 unspecified atom stereocenters. The van der Waals surface area contributed by atoms with Crippen molar-refractivity contribution >= 4 is 34.6 Å². The average molecular weight is 544 g/mol. The zero-order chi connectivity index (χ0) is 29.1. The standard InChI is InChI=1S/C19H13FN2O.C11H21N5O/c1-12-2-3-13(11-23)8-14(12)5-7-17-18-9-16(20)6-4-15(18)10-22-19(17)21;1-13-10(12)3-4-14-9-11(17)16-7-5-15(2)6-8-16/h2-4,6,8-11H,1H3,(H2,21,22);3-4,14H,5-9H2,1-2H3,(H2,12,13)/b;4-3-. The lowest BCUT2D eigenvalue weighted by molar-refractivity contribution is -0.131. The molecular weight excluding hydrogens is 509 g/mol. The Labute approximate surface area is 233 Å². The number of amides is 1. The highest BCUT2D eigenvalue weighted by atomic mass is 19.1. The van der Waals surface area contributed by atoms with Crippen molar-refractivity contribution in [3.63, 3.8) is 0 Å². The molecule has 0 saturated carbocycles. The largest absolute Gasteiger partial charge is 0.384 e. The third-order valence-electron chi connectivity index (χ3n) is 6.34. The number of piperazine rings is 1. The van der Waals surface area contributed by atoms with Crippen molar-refractivity contribution in [3.8, 4) is 11.8 Å². The van der Waals surface area contributed by atoms with Crippen molar-refractivity contribution in [2.45, 2.75) is 6.92 Å². The summed E-state index contributed by atoms with van der Waals surface area (Å²) in [6.45, 7) is 5.70. The lowest BCUT2D eigenvalue weighted by Crippen LogP contribution is -2.49. The molecule has 0 aliphatic carbocycles. The monoisotopic (exact) mass is 543 g/mol. The first kappa shape index (κ1) is 29.8. The Hall–Kier alpha value is -4.75. The Bertz CT molecular complexity index is 1480. The SMILES string of the molecule is CN=C(N)/C=C\NCC(=O)N1CCN(C)CC1.Cc1ccc(C=O)cc1C#Cc1c(N)ncc2ccc(F)cc12. The zero-order valence-electron chi connectivity index (χ0n) is 22.9. The molecule has 40 heavy (non-hydrogen) atoms. The number of aldehydes is 1. The van der Waals surface area contributed by atoms with Gasteiger partial charge in [-0.2, -0.15) is 0 Å². The molecular formula is C30H34FN7O2. The number of aromatic nitrogens is 1. The zero-order valence-corrected chi connectivity index (χ0v) is 22.9. The number of nitrogens with one attached hydrogen (secondary N) is 1. The van der Waals surface area contributed by atoms with E-state index in [0.29, 0.717) is 28.9 Å². The van der Waals surface area contributed by atoms with Gasteiger partial charge >= 0.3 is 0 Å². The third kappa shape index (κ3) is 8.38. The minimum Gasteiger partial charge on any atom is -0.384 e. The Kier molecular flexibility index (Phi) is 10.7. The predicted molar refractivity (Wildman–Crippen MR) is 157 cm³/mol. The Morgan fingerprint density at radius 1 is 1.18 bits per heavy atom. The van der Waals surface area contributed by atoms with E-state index in [-0.39, 0.29) is 17.5 Å². The number of aliphatic imine (C=N–C) groups is 1.